The highest BCUT2D eigenvalue weighted by atomic mass is 35.5. The number of nitrogens with one attached hydrogen (secondary N) is 3. The third-order valence-electron chi connectivity index (χ3n) is 8.82. The van der Waals surface area contributed by atoms with E-state index < -0.39 is 10.0 Å². The maximum Gasteiger partial charge on any atom is 0.229 e. The zero-order valence-electron chi connectivity index (χ0n) is 27.2. The summed E-state index contributed by atoms with van der Waals surface area (Å²) in [7, 11) is -2.02. The summed E-state index contributed by atoms with van der Waals surface area (Å²) in [6, 6.07) is 8.01. The van der Waals surface area contributed by atoms with Crippen LogP contribution >= 0.6 is 11.6 Å². The number of alkyl halides is 1. The molecule has 0 unspecified atom stereocenters. The Balaban J connectivity index is 1.17. The Bertz CT molecular complexity index is 1870. The van der Waals surface area contributed by atoms with E-state index in [1.54, 1.807) is 19.2 Å². The van der Waals surface area contributed by atoms with Crippen molar-refractivity contribution in [3.05, 3.63) is 53.4 Å². The first-order chi connectivity index (χ1) is 23.1. The third-order valence-corrected chi connectivity index (χ3v) is 9.67. The van der Waals surface area contributed by atoms with Crippen LogP contribution in [0.25, 0.3) is 11.0 Å². The van der Waals surface area contributed by atoms with Crippen molar-refractivity contribution >= 4 is 67.2 Å². The van der Waals surface area contributed by atoms with Crippen LogP contribution in [-0.4, -0.2) is 110 Å². The van der Waals surface area contributed by atoms with Gasteiger partial charge in [0.25, 0.3) is 0 Å². The second kappa shape index (κ2) is 14.6. The van der Waals surface area contributed by atoms with Gasteiger partial charge < -0.3 is 20.3 Å². The zero-order chi connectivity index (χ0) is 33.8. The van der Waals surface area contributed by atoms with Gasteiger partial charge >= 0.3 is 0 Å². The summed E-state index contributed by atoms with van der Waals surface area (Å²) < 4.78 is 45.5. The first-order valence-electron chi connectivity index (χ1n) is 15.9. The molecule has 0 spiro atoms. The van der Waals surface area contributed by atoms with Gasteiger partial charge in [0, 0.05) is 76.0 Å². The van der Waals surface area contributed by atoms with Crippen molar-refractivity contribution in [1.29, 1.82) is 0 Å². The smallest absolute Gasteiger partial charge is 0.229 e. The summed E-state index contributed by atoms with van der Waals surface area (Å²) in [5, 5.41) is 6.62. The number of aryl methyl sites for hydroxylation is 1. The van der Waals surface area contributed by atoms with Crippen LogP contribution in [0.1, 0.15) is 18.4 Å². The van der Waals surface area contributed by atoms with Crippen LogP contribution in [0.4, 0.5) is 38.9 Å². The van der Waals surface area contributed by atoms with E-state index in [2.05, 4.69) is 56.9 Å². The molecule has 0 radical (unpaired) electrons. The van der Waals surface area contributed by atoms with E-state index in [1.807, 2.05) is 12.1 Å². The molecule has 4 heterocycles. The zero-order valence-corrected chi connectivity index (χ0v) is 28.8. The molecule has 3 N–H and O–H groups in total. The standard InChI is InChI=1S/C32H40ClFN10O3S/c1-21-18-26(28(47-2)19-27(21)44-11-6-22(7-12-44)43-16-14-42(13-8-34)15-17-43)39-32-37-20-23(33)31(40-32)38-25-5-4-24-29(36-10-9-35-24)30(25)41-48(3,45)46/h4-5,9-10,18-20,22,41H,6-8,11-17H2,1-3H3,(H2,37,38,39,40). The number of methoxy groups -OCH3 is 1. The molecule has 13 nitrogen and oxygen atoms in total. The Morgan fingerprint density at radius 2 is 1.75 bits per heavy atom. The Labute approximate surface area is 284 Å². The lowest BCUT2D eigenvalue weighted by atomic mass is 10.0. The number of piperidine rings is 1. The molecule has 0 amide bonds. The van der Waals surface area contributed by atoms with Crippen LogP contribution in [0.3, 0.4) is 0 Å². The fourth-order valence-corrected chi connectivity index (χ4v) is 7.14. The van der Waals surface area contributed by atoms with Gasteiger partial charge in [-0.2, -0.15) is 4.98 Å². The van der Waals surface area contributed by atoms with Crippen LogP contribution in [0.15, 0.2) is 42.9 Å². The highest BCUT2D eigenvalue weighted by molar-refractivity contribution is 7.92. The molecule has 0 atom stereocenters. The van der Waals surface area contributed by atoms with Crippen molar-refractivity contribution in [3.63, 3.8) is 0 Å². The Morgan fingerprint density at radius 3 is 2.46 bits per heavy atom. The van der Waals surface area contributed by atoms with Crippen molar-refractivity contribution in [3.8, 4) is 5.75 Å². The van der Waals surface area contributed by atoms with Gasteiger partial charge in [-0.25, -0.2) is 17.8 Å². The van der Waals surface area contributed by atoms with Crippen LogP contribution in [0.5, 0.6) is 5.75 Å². The van der Waals surface area contributed by atoms with Gasteiger partial charge in [0.1, 0.15) is 23.0 Å². The van der Waals surface area contributed by atoms with Gasteiger partial charge in [-0.3, -0.25) is 24.5 Å². The van der Waals surface area contributed by atoms with E-state index in [4.69, 9.17) is 16.3 Å². The summed E-state index contributed by atoms with van der Waals surface area (Å²) >= 11 is 6.49. The first kappa shape index (κ1) is 33.8. The van der Waals surface area contributed by atoms with Crippen LogP contribution < -0.4 is 25.0 Å². The SMILES string of the molecule is COc1cc(N2CCC(N3CCN(CCF)CC3)CC2)c(C)cc1Nc1ncc(Cl)c(Nc2ccc3nccnc3c2NS(C)(=O)=O)n1. The number of hydrogen-bond donors (Lipinski definition) is 3. The predicted molar refractivity (Wildman–Crippen MR) is 189 cm³/mol. The van der Waals surface area contributed by atoms with E-state index in [0.717, 1.165) is 69.6 Å². The number of sulfonamides is 1. The molecule has 16 heteroatoms. The lowest BCUT2D eigenvalue weighted by Gasteiger charge is -2.43. The number of rotatable bonds is 11. The van der Waals surface area contributed by atoms with Gasteiger partial charge in [0.15, 0.2) is 5.82 Å². The number of aromatic nitrogens is 4. The molecule has 256 valence electrons. The van der Waals surface area contributed by atoms with Crippen LogP contribution in [-0.2, 0) is 10.0 Å². The molecular weight excluding hydrogens is 659 g/mol. The molecule has 48 heavy (non-hydrogen) atoms. The topological polar surface area (TPSA) is 141 Å². The number of benzene rings is 2. The van der Waals surface area contributed by atoms with Gasteiger partial charge in [0.2, 0.25) is 16.0 Å². The number of ether oxygens (including phenoxy) is 1. The molecular formula is C32H40ClFN10O3S. The van der Waals surface area contributed by atoms with Crippen LogP contribution in [0, 0.1) is 6.92 Å². The monoisotopic (exact) mass is 698 g/mol. The Kier molecular flexibility index (Phi) is 10.3. The normalized spacial score (nSPS) is 16.6. The molecule has 4 aromatic rings. The second-order valence-corrected chi connectivity index (χ2v) is 14.2. The van der Waals surface area contributed by atoms with Crippen molar-refractivity contribution in [1.82, 2.24) is 29.7 Å². The van der Waals surface area contributed by atoms with Gasteiger partial charge in [-0.05, 0) is 43.5 Å². The number of piperazine rings is 1. The average molecular weight is 699 g/mol. The maximum atomic E-state index is 12.7. The summed E-state index contributed by atoms with van der Waals surface area (Å²) in [6.07, 6.45) is 7.70. The number of anilines is 6. The van der Waals surface area contributed by atoms with Crippen LogP contribution in [0.2, 0.25) is 5.02 Å². The minimum absolute atomic E-state index is 0.223. The molecule has 0 saturated carbocycles. The molecule has 2 saturated heterocycles. The highest BCUT2D eigenvalue weighted by Gasteiger charge is 2.28. The average Bonchev–Trinajstić information content (AvgIpc) is 3.07. The summed E-state index contributed by atoms with van der Waals surface area (Å²) in [6.45, 7) is 8.08. The van der Waals surface area contributed by atoms with E-state index in [0.29, 0.717) is 40.7 Å². The fraction of sp³-hybridized carbons (Fsp3) is 0.438. The molecule has 2 aliphatic rings. The molecule has 0 aliphatic carbocycles. The van der Waals surface area contributed by atoms with E-state index in [1.165, 1.54) is 18.6 Å². The van der Waals surface area contributed by atoms with E-state index in [9.17, 15) is 12.8 Å². The van der Waals surface area contributed by atoms with Gasteiger partial charge in [-0.1, -0.05) is 11.6 Å². The summed E-state index contributed by atoms with van der Waals surface area (Å²) in [4.78, 5) is 24.8. The van der Waals surface area contributed by atoms with Crippen molar-refractivity contribution < 1.29 is 17.5 Å². The minimum atomic E-state index is -3.65. The summed E-state index contributed by atoms with van der Waals surface area (Å²) in [5.74, 6) is 1.16. The molecule has 2 aromatic carbocycles. The molecule has 6 rings (SSSR count). The number of halogens is 2. The van der Waals surface area contributed by atoms with Gasteiger partial charge in [-0.15, -0.1) is 0 Å². The highest BCUT2D eigenvalue weighted by Crippen LogP contribution is 2.37. The predicted octanol–water partition coefficient (Wildman–Crippen LogP) is 4.80. The molecule has 2 aromatic heterocycles. The molecule has 0 bridgehead atoms. The molecule has 2 aliphatic heterocycles. The minimum Gasteiger partial charge on any atom is -0.494 e. The van der Waals surface area contributed by atoms with Gasteiger partial charge in [0.05, 0.1) is 42.1 Å². The lowest BCUT2D eigenvalue weighted by Crippen LogP contribution is -2.53. The quantitative estimate of drug-likeness (QED) is 0.198. The lowest BCUT2D eigenvalue weighted by molar-refractivity contribution is 0.0816. The largest absolute Gasteiger partial charge is 0.494 e. The Hall–Kier alpha value is -4.05. The molecule has 2 fully saturated rings. The van der Waals surface area contributed by atoms with Crippen molar-refractivity contribution in [2.24, 2.45) is 0 Å². The first-order valence-corrected chi connectivity index (χ1v) is 18.1. The van der Waals surface area contributed by atoms with E-state index >= 15 is 0 Å². The Morgan fingerprint density at radius 1 is 1.00 bits per heavy atom. The summed E-state index contributed by atoms with van der Waals surface area (Å²) in [5.41, 5.74) is 4.39. The maximum absolute atomic E-state index is 12.7. The third kappa shape index (κ3) is 7.80. The second-order valence-electron chi connectivity index (χ2n) is 12.1. The van der Waals surface area contributed by atoms with Crippen molar-refractivity contribution in [2.45, 2.75) is 25.8 Å². The number of nitrogens with zero attached hydrogens (tertiary/aromatic N) is 7. The number of fused-ring (bicyclic) bond motifs is 1. The van der Waals surface area contributed by atoms with E-state index in [-0.39, 0.29) is 29.2 Å². The van der Waals surface area contributed by atoms with Crippen molar-refractivity contribution in [2.75, 3.05) is 86.1 Å². The fourth-order valence-electron chi connectivity index (χ4n) is 6.42. The number of hydrogen-bond acceptors (Lipinski definition) is 12.